The highest BCUT2D eigenvalue weighted by molar-refractivity contribution is 9.10. The average Bonchev–Trinajstić information content (AvgIpc) is 2.65. The highest BCUT2D eigenvalue weighted by Crippen LogP contribution is 2.27. The van der Waals surface area contributed by atoms with Crippen molar-refractivity contribution < 1.29 is 22.7 Å². The van der Waals surface area contributed by atoms with Gasteiger partial charge in [-0.05, 0) is 52.7 Å². The fourth-order valence-electron chi connectivity index (χ4n) is 2.36. The molecule has 0 aliphatic heterocycles. The Morgan fingerprint density at radius 1 is 1.30 bits per heavy atom. The van der Waals surface area contributed by atoms with Crippen LogP contribution in [0.5, 0.6) is 0 Å². The minimum atomic E-state index is -3.83. The summed E-state index contributed by atoms with van der Waals surface area (Å²) >= 11 is 3.27. The topological polar surface area (TPSA) is 85.8 Å². The van der Waals surface area contributed by atoms with Gasteiger partial charge in [0.15, 0.2) is 0 Å². The lowest BCUT2D eigenvalue weighted by Gasteiger charge is -2.22. The lowest BCUT2D eigenvalue weighted by molar-refractivity contribution is 0.0526. The number of carbonyl (C=O) groups excluding carboxylic acids is 1. The third-order valence-corrected chi connectivity index (χ3v) is 6.51. The number of pyridine rings is 1. The van der Waals surface area contributed by atoms with Crippen LogP contribution in [0.1, 0.15) is 22.8 Å². The first-order valence-electron chi connectivity index (χ1n) is 8.24. The molecule has 2 rings (SSSR count). The normalized spacial score (nSPS) is 11.6. The van der Waals surface area contributed by atoms with Crippen molar-refractivity contribution in [3.8, 4) is 0 Å². The maximum absolute atomic E-state index is 13.2. The minimum absolute atomic E-state index is 0.0653. The van der Waals surface area contributed by atoms with Gasteiger partial charge in [-0.2, -0.15) is 4.31 Å². The highest BCUT2D eigenvalue weighted by Gasteiger charge is 2.27. The largest absolute Gasteiger partial charge is 0.462 e. The van der Waals surface area contributed by atoms with Gasteiger partial charge >= 0.3 is 5.97 Å². The van der Waals surface area contributed by atoms with Crippen LogP contribution in [-0.4, -0.2) is 50.5 Å². The first-order valence-corrected chi connectivity index (χ1v) is 10.5. The Morgan fingerprint density at radius 3 is 2.67 bits per heavy atom. The van der Waals surface area contributed by atoms with Crippen LogP contribution in [0.3, 0.4) is 0 Å². The van der Waals surface area contributed by atoms with E-state index >= 15 is 0 Å². The number of hydrogen-bond acceptors (Lipinski definition) is 6. The maximum atomic E-state index is 13.2. The van der Waals surface area contributed by atoms with E-state index in [9.17, 15) is 13.2 Å². The molecule has 0 N–H and O–H groups in total. The second-order valence-corrected chi connectivity index (χ2v) is 8.32. The quantitative estimate of drug-likeness (QED) is 0.539. The van der Waals surface area contributed by atoms with Gasteiger partial charge in [0.05, 0.1) is 23.7 Å². The zero-order valence-corrected chi connectivity index (χ0v) is 17.5. The van der Waals surface area contributed by atoms with Gasteiger partial charge in [0.1, 0.15) is 0 Å². The molecule has 9 heteroatoms. The molecule has 27 heavy (non-hydrogen) atoms. The summed E-state index contributed by atoms with van der Waals surface area (Å²) in [5.74, 6) is -0.506. The van der Waals surface area contributed by atoms with E-state index in [1.54, 1.807) is 31.5 Å². The number of hydrogen-bond donors (Lipinski definition) is 0. The number of benzene rings is 1. The molecule has 0 bridgehead atoms. The number of ether oxygens (including phenoxy) is 2. The Bertz CT molecular complexity index is 875. The van der Waals surface area contributed by atoms with Crippen molar-refractivity contribution in [2.24, 2.45) is 0 Å². The Hall–Kier alpha value is -1.81. The third kappa shape index (κ3) is 5.58. The molecular formula is C18H21BrN2O5S. The summed E-state index contributed by atoms with van der Waals surface area (Å²) in [6.45, 7) is 2.54. The van der Waals surface area contributed by atoms with E-state index in [2.05, 4.69) is 20.9 Å². The van der Waals surface area contributed by atoms with Gasteiger partial charge in [-0.15, -0.1) is 0 Å². The molecule has 7 nitrogen and oxygen atoms in total. The number of methoxy groups -OCH3 is 1. The first-order chi connectivity index (χ1) is 12.9. The molecule has 0 radical (unpaired) electrons. The van der Waals surface area contributed by atoms with Gasteiger partial charge in [-0.3, -0.25) is 4.98 Å². The second kappa shape index (κ2) is 9.93. The number of esters is 1. The Kier molecular flexibility index (Phi) is 7.91. The van der Waals surface area contributed by atoms with Crippen LogP contribution in [0.25, 0.3) is 0 Å². The van der Waals surface area contributed by atoms with Crippen molar-refractivity contribution in [3.63, 3.8) is 0 Å². The number of aromatic nitrogens is 1. The van der Waals surface area contributed by atoms with Gasteiger partial charge in [0.2, 0.25) is 10.0 Å². The fourth-order valence-corrected chi connectivity index (χ4v) is 4.81. The monoisotopic (exact) mass is 456 g/mol. The van der Waals surface area contributed by atoms with Crippen LogP contribution in [0.4, 0.5) is 0 Å². The molecule has 0 saturated heterocycles. The summed E-state index contributed by atoms with van der Waals surface area (Å²) in [7, 11) is -2.32. The smallest absolute Gasteiger partial charge is 0.338 e. The molecule has 0 spiro atoms. The van der Waals surface area contributed by atoms with Crippen LogP contribution in [0.2, 0.25) is 0 Å². The molecule has 1 heterocycles. The predicted octanol–water partition coefficient (Wildman–Crippen LogP) is 2.86. The number of sulfonamides is 1. The van der Waals surface area contributed by atoms with E-state index in [0.717, 1.165) is 5.56 Å². The number of carbonyl (C=O) groups is 1. The Labute approximate surface area is 167 Å². The predicted molar refractivity (Wildman–Crippen MR) is 104 cm³/mol. The summed E-state index contributed by atoms with van der Waals surface area (Å²) in [6.07, 6.45) is 3.25. The molecule has 0 amide bonds. The first kappa shape index (κ1) is 21.5. The van der Waals surface area contributed by atoms with E-state index < -0.39 is 16.0 Å². The van der Waals surface area contributed by atoms with Crippen LogP contribution >= 0.6 is 15.9 Å². The van der Waals surface area contributed by atoms with Crippen molar-refractivity contribution in [2.45, 2.75) is 18.4 Å². The van der Waals surface area contributed by atoms with Crippen molar-refractivity contribution in [1.82, 2.24) is 9.29 Å². The van der Waals surface area contributed by atoms with E-state index in [-0.39, 0.29) is 36.8 Å². The lowest BCUT2D eigenvalue weighted by Crippen LogP contribution is -2.33. The molecule has 0 saturated carbocycles. The average molecular weight is 457 g/mol. The van der Waals surface area contributed by atoms with Gasteiger partial charge in [0, 0.05) is 37.1 Å². The minimum Gasteiger partial charge on any atom is -0.462 e. The molecule has 1 aromatic carbocycles. The SMILES string of the molecule is CCOC(=O)c1ccc(S(=O)(=O)N(CCOC)Cc2cccnc2)c(Br)c1. The summed E-state index contributed by atoms with van der Waals surface area (Å²) < 4.78 is 38.0. The second-order valence-electron chi connectivity index (χ2n) is 5.56. The number of nitrogens with zero attached hydrogens (tertiary/aromatic N) is 2. The number of rotatable bonds is 9. The van der Waals surface area contributed by atoms with E-state index in [1.165, 1.54) is 29.6 Å². The fraction of sp³-hybridized carbons (Fsp3) is 0.333. The zero-order chi connectivity index (χ0) is 19.9. The Balaban J connectivity index is 2.35. The molecule has 146 valence electrons. The van der Waals surface area contributed by atoms with E-state index in [4.69, 9.17) is 9.47 Å². The summed E-state index contributed by atoms with van der Waals surface area (Å²) in [4.78, 5) is 15.9. The molecule has 0 fully saturated rings. The van der Waals surface area contributed by atoms with Crippen molar-refractivity contribution in [3.05, 3.63) is 58.3 Å². The molecule has 1 aromatic heterocycles. The van der Waals surface area contributed by atoms with Crippen molar-refractivity contribution >= 4 is 31.9 Å². The molecule has 0 atom stereocenters. The standard InChI is InChI=1S/C18H21BrN2O5S/c1-3-26-18(22)15-6-7-17(16(19)11-15)27(23,24)21(9-10-25-2)13-14-5-4-8-20-12-14/h4-8,11-12H,3,9-10,13H2,1-2H3. The van der Waals surface area contributed by atoms with Crippen LogP contribution in [0.15, 0.2) is 52.1 Å². The third-order valence-electron chi connectivity index (χ3n) is 3.69. The molecule has 0 unspecified atom stereocenters. The van der Waals surface area contributed by atoms with Crippen molar-refractivity contribution in [2.75, 3.05) is 26.9 Å². The van der Waals surface area contributed by atoms with Crippen molar-refractivity contribution in [1.29, 1.82) is 0 Å². The van der Waals surface area contributed by atoms with Crippen LogP contribution < -0.4 is 0 Å². The van der Waals surface area contributed by atoms with E-state index in [1.807, 2.05) is 0 Å². The van der Waals surface area contributed by atoms with Crippen LogP contribution in [0, 0.1) is 0 Å². The number of halogens is 1. The van der Waals surface area contributed by atoms with Gasteiger partial charge in [-0.1, -0.05) is 6.07 Å². The van der Waals surface area contributed by atoms with Crippen LogP contribution in [-0.2, 0) is 26.0 Å². The highest BCUT2D eigenvalue weighted by atomic mass is 79.9. The zero-order valence-electron chi connectivity index (χ0n) is 15.1. The van der Waals surface area contributed by atoms with Gasteiger partial charge < -0.3 is 9.47 Å². The maximum Gasteiger partial charge on any atom is 0.338 e. The molecule has 0 aliphatic rings. The Morgan fingerprint density at radius 2 is 2.07 bits per heavy atom. The lowest BCUT2D eigenvalue weighted by atomic mass is 10.2. The molecule has 0 aliphatic carbocycles. The molecular weight excluding hydrogens is 436 g/mol. The van der Waals surface area contributed by atoms with Gasteiger partial charge in [0.25, 0.3) is 0 Å². The summed E-state index contributed by atoms with van der Waals surface area (Å²) in [6, 6.07) is 7.84. The summed E-state index contributed by atoms with van der Waals surface area (Å²) in [5.41, 5.74) is 1.04. The van der Waals surface area contributed by atoms with Gasteiger partial charge in [-0.25, -0.2) is 13.2 Å². The molecule has 2 aromatic rings. The van der Waals surface area contributed by atoms with E-state index in [0.29, 0.717) is 4.47 Å². The summed E-state index contributed by atoms with van der Waals surface area (Å²) in [5, 5.41) is 0.